The lowest BCUT2D eigenvalue weighted by atomic mass is 9.92. The Hall–Kier alpha value is -2.22. The van der Waals surface area contributed by atoms with E-state index < -0.39 is 0 Å². The fourth-order valence-corrected chi connectivity index (χ4v) is 5.28. The largest absolute Gasteiger partial charge is 0.466 e. The van der Waals surface area contributed by atoms with Gasteiger partial charge in [0.05, 0.1) is 17.2 Å². The molecule has 0 spiro atoms. The number of nitrogens with zero attached hydrogens (tertiary/aromatic N) is 3. The van der Waals surface area contributed by atoms with Gasteiger partial charge in [0, 0.05) is 32.1 Å². The molecular formula is C21H26FN3O3S. The minimum atomic E-state index is -0.295. The first-order valence-electron chi connectivity index (χ1n) is 10.3. The SMILES string of the molecule is CCOC(=O)C1CCCN(C(=O)C2CCN(c3nc4c(F)cccc4s3)CC2)C1. The van der Waals surface area contributed by atoms with Crippen molar-refractivity contribution in [3.8, 4) is 0 Å². The van der Waals surface area contributed by atoms with Crippen LogP contribution >= 0.6 is 11.3 Å². The van der Waals surface area contributed by atoms with Gasteiger partial charge in [-0.3, -0.25) is 9.59 Å². The molecule has 156 valence electrons. The summed E-state index contributed by atoms with van der Waals surface area (Å²) < 4.78 is 19.9. The lowest BCUT2D eigenvalue weighted by molar-refractivity contribution is -0.152. The molecule has 8 heteroatoms. The van der Waals surface area contributed by atoms with E-state index in [1.54, 1.807) is 13.0 Å². The van der Waals surface area contributed by atoms with E-state index in [1.807, 2.05) is 11.0 Å². The fourth-order valence-electron chi connectivity index (χ4n) is 4.24. The molecule has 29 heavy (non-hydrogen) atoms. The van der Waals surface area contributed by atoms with Gasteiger partial charge in [-0.2, -0.15) is 0 Å². The number of likely N-dealkylation sites (tertiary alicyclic amines) is 1. The highest BCUT2D eigenvalue weighted by molar-refractivity contribution is 7.22. The first-order valence-corrected chi connectivity index (χ1v) is 11.1. The van der Waals surface area contributed by atoms with Crippen LogP contribution in [0.3, 0.4) is 0 Å². The van der Waals surface area contributed by atoms with Crippen molar-refractivity contribution in [1.82, 2.24) is 9.88 Å². The summed E-state index contributed by atoms with van der Waals surface area (Å²) in [6.45, 7) is 4.82. The minimum Gasteiger partial charge on any atom is -0.466 e. The van der Waals surface area contributed by atoms with Gasteiger partial charge in [0.15, 0.2) is 5.13 Å². The van der Waals surface area contributed by atoms with Crippen LogP contribution in [0.5, 0.6) is 0 Å². The zero-order chi connectivity index (χ0) is 20.4. The predicted molar refractivity (Wildman–Crippen MR) is 110 cm³/mol. The molecule has 2 aliphatic rings. The molecule has 1 aromatic heterocycles. The zero-order valence-corrected chi connectivity index (χ0v) is 17.4. The molecule has 4 rings (SSSR count). The lowest BCUT2D eigenvalue weighted by Crippen LogP contribution is -2.47. The Morgan fingerprint density at radius 1 is 1.21 bits per heavy atom. The van der Waals surface area contributed by atoms with Crippen LogP contribution in [0.25, 0.3) is 10.2 Å². The first-order chi connectivity index (χ1) is 14.1. The number of ether oxygens (including phenoxy) is 1. The molecule has 2 fully saturated rings. The Labute approximate surface area is 173 Å². The number of thiazole rings is 1. The molecule has 3 heterocycles. The number of halogens is 1. The quantitative estimate of drug-likeness (QED) is 0.711. The van der Waals surface area contributed by atoms with Gasteiger partial charge >= 0.3 is 5.97 Å². The minimum absolute atomic E-state index is 0.0293. The van der Waals surface area contributed by atoms with Gasteiger partial charge in [-0.25, -0.2) is 9.37 Å². The Bertz CT molecular complexity index is 894. The number of piperidine rings is 2. The fraction of sp³-hybridized carbons (Fsp3) is 0.571. The third-order valence-corrected chi connectivity index (χ3v) is 6.91. The van der Waals surface area contributed by atoms with Gasteiger partial charge < -0.3 is 14.5 Å². The van der Waals surface area contributed by atoms with E-state index >= 15 is 0 Å². The summed E-state index contributed by atoms with van der Waals surface area (Å²) in [5.41, 5.74) is 0.420. The average Bonchev–Trinajstić information content (AvgIpc) is 3.19. The van der Waals surface area contributed by atoms with Crippen LogP contribution in [-0.4, -0.2) is 54.5 Å². The molecule has 0 bridgehead atoms. The number of anilines is 1. The van der Waals surface area contributed by atoms with Gasteiger partial charge in [0.2, 0.25) is 5.91 Å². The van der Waals surface area contributed by atoms with E-state index in [9.17, 15) is 14.0 Å². The van der Waals surface area contributed by atoms with Crippen molar-refractivity contribution < 1.29 is 18.7 Å². The van der Waals surface area contributed by atoms with Crippen molar-refractivity contribution in [3.63, 3.8) is 0 Å². The van der Waals surface area contributed by atoms with E-state index in [0.29, 0.717) is 25.2 Å². The normalized spacial score (nSPS) is 20.8. The van der Waals surface area contributed by atoms with Crippen LogP contribution in [-0.2, 0) is 14.3 Å². The number of hydrogen-bond donors (Lipinski definition) is 0. The van der Waals surface area contributed by atoms with E-state index in [4.69, 9.17) is 4.74 Å². The predicted octanol–water partition coefficient (Wildman–Crippen LogP) is 3.45. The van der Waals surface area contributed by atoms with Gasteiger partial charge in [0.1, 0.15) is 11.3 Å². The number of amides is 1. The number of benzene rings is 1. The maximum absolute atomic E-state index is 13.9. The Balaban J connectivity index is 1.35. The van der Waals surface area contributed by atoms with Crippen molar-refractivity contribution in [2.45, 2.75) is 32.6 Å². The number of para-hydroxylation sites is 1. The molecule has 0 saturated carbocycles. The van der Waals surface area contributed by atoms with Gasteiger partial charge in [-0.05, 0) is 44.7 Å². The number of esters is 1. The van der Waals surface area contributed by atoms with E-state index in [1.165, 1.54) is 17.4 Å². The van der Waals surface area contributed by atoms with Gasteiger partial charge in [-0.1, -0.05) is 17.4 Å². The number of fused-ring (bicyclic) bond motifs is 1. The molecule has 1 aromatic carbocycles. The maximum atomic E-state index is 13.9. The monoisotopic (exact) mass is 419 g/mol. The summed E-state index contributed by atoms with van der Waals surface area (Å²) in [4.78, 5) is 33.5. The van der Waals surface area contributed by atoms with Crippen LogP contribution in [0, 0.1) is 17.7 Å². The average molecular weight is 420 g/mol. The molecule has 0 N–H and O–H groups in total. The second-order valence-electron chi connectivity index (χ2n) is 7.72. The molecule has 0 radical (unpaired) electrons. The van der Waals surface area contributed by atoms with E-state index in [0.717, 1.165) is 48.6 Å². The first kappa shape index (κ1) is 20.1. The van der Waals surface area contributed by atoms with Crippen molar-refractivity contribution in [2.24, 2.45) is 11.8 Å². The van der Waals surface area contributed by atoms with Crippen LogP contribution < -0.4 is 4.90 Å². The van der Waals surface area contributed by atoms with Crippen molar-refractivity contribution in [1.29, 1.82) is 0 Å². The highest BCUT2D eigenvalue weighted by Gasteiger charge is 2.34. The highest BCUT2D eigenvalue weighted by Crippen LogP contribution is 2.33. The van der Waals surface area contributed by atoms with Crippen molar-refractivity contribution in [2.75, 3.05) is 37.7 Å². The number of aromatic nitrogens is 1. The zero-order valence-electron chi connectivity index (χ0n) is 16.6. The van der Waals surface area contributed by atoms with Crippen LogP contribution in [0.15, 0.2) is 18.2 Å². The molecule has 1 amide bonds. The Kier molecular flexibility index (Phi) is 5.99. The summed E-state index contributed by atoms with van der Waals surface area (Å²) in [5, 5.41) is 0.816. The van der Waals surface area contributed by atoms with E-state index in [2.05, 4.69) is 9.88 Å². The Morgan fingerprint density at radius 3 is 2.72 bits per heavy atom. The topological polar surface area (TPSA) is 62.7 Å². The lowest BCUT2D eigenvalue weighted by Gasteiger charge is -2.37. The van der Waals surface area contributed by atoms with Crippen LogP contribution in [0.2, 0.25) is 0 Å². The molecule has 0 aliphatic carbocycles. The smallest absolute Gasteiger partial charge is 0.310 e. The summed E-state index contributed by atoms with van der Waals surface area (Å²) >= 11 is 1.49. The van der Waals surface area contributed by atoms with Crippen LogP contribution in [0.1, 0.15) is 32.6 Å². The number of rotatable bonds is 4. The third kappa shape index (κ3) is 4.22. The molecule has 6 nitrogen and oxygen atoms in total. The second kappa shape index (κ2) is 8.65. The highest BCUT2D eigenvalue weighted by atomic mass is 32.1. The summed E-state index contributed by atoms with van der Waals surface area (Å²) in [7, 11) is 0. The summed E-state index contributed by atoms with van der Waals surface area (Å²) in [6, 6.07) is 5.01. The van der Waals surface area contributed by atoms with Gasteiger partial charge in [0.25, 0.3) is 0 Å². The molecule has 1 unspecified atom stereocenters. The maximum Gasteiger partial charge on any atom is 0.310 e. The number of carbonyl (C=O) groups excluding carboxylic acids is 2. The second-order valence-corrected chi connectivity index (χ2v) is 8.73. The number of carbonyl (C=O) groups is 2. The van der Waals surface area contributed by atoms with Gasteiger partial charge in [-0.15, -0.1) is 0 Å². The van der Waals surface area contributed by atoms with Crippen LogP contribution in [0.4, 0.5) is 9.52 Å². The Morgan fingerprint density at radius 2 is 2.00 bits per heavy atom. The number of hydrogen-bond acceptors (Lipinski definition) is 6. The van der Waals surface area contributed by atoms with Crippen molar-refractivity contribution in [3.05, 3.63) is 24.0 Å². The third-order valence-electron chi connectivity index (χ3n) is 5.83. The summed E-state index contributed by atoms with van der Waals surface area (Å²) in [6.07, 6.45) is 3.12. The summed E-state index contributed by atoms with van der Waals surface area (Å²) in [5.74, 6) is -0.572. The van der Waals surface area contributed by atoms with E-state index in [-0.39, 0.29) is 29.5 Å². The molecule has 2 saturated heterocycles. The van der Waals surface area contributed by atoms with Crippen molar-refractivity contribution >= 4 is 38.6 Å². The standard InChI is InChI=1S/C21H26FN3O3S/c1-2-28-20(27)15-5-4-10-25(13-15)19(26)14-8-11-24(12-9-14)21-23-18-16(22)6-3-7-17(18)29-21/h3,6-7,14-15H,2,4-5,8-13H2,1H3. The molecule has 2 aliphatic heterocycles. The molecule has 2 aromatic rings. The molecule has 1 atom stereocenters. The molecular weight excluding hydrogens is 393 g/mol.